The van der Waals surface area contributed by atoms with Crippen molar-refractivity contribution in [2.75, 3.05) is 12.4 Å². The van der Waals surface area contributed by atoms with Gasteiger partial charge in [0.15, 0.2) is 5.75 Å². The SMILES string of the molecule is CCS(=O)(=O)Oc1cn(COCC[Si](C)(C)C)nc1C(F)(F)F. The zero-order chi connectivity index (χ0) is 17.9. The van der Waals surface area contributed by atoms with Gasteiger partial charge in [0.05, 0.1) is 11.9 Å². The van der Waals surface area contributed by atoms with Crippen LogP contribution in [0.5, 0.6) is 5.75 Å². The number of ether oxygens (including phenoxy) is 1. The van der Waals surface area contributed by atoms with Gasteiger partial charge in [-0.2, -0.15) is 26.7 Å². The molecule has 0 bridgehead atoms. The predicted octanol–water partition coefficient (Wildman–Crippen LogP) is 2.94. The molecule has 0 spiro atoms. The van der Waals surface area contributed by atoms with Crippen molar-refractivity contribution in [1.82, 2.24) is 9.78 Å². The first-order chi connectivity index (χ1) is 10.3. The summed E-state index contributed by atoms with van der Waals surface area (Å²) >= 11 is 0. The van der Waals surface area contributed by atoms with Crippen LogP contribution in [0.3, 0.4) is 0 Å². The van der Waals surface area contributed by atoms with E-state index in [0.717, 1.165) is 16.9 Å². The predicted molar refractivity (Wildman–Crippen MR) is 81.4 cm³/mol. The lowest BCUT2D eigenvalue weighted by molar-refractivity contribution is -0.142. The Morgan fingerprint density at radius 3 is 2.39 bits per heavy atom. The van der Waals surface area contributed by atoms with E-state index >= 15 is 0 Å². The third kappa shape index (κ3) is 6.91. The van der Waals surface area contributed by atoms with E-state index in [1.165, 1.54) is 6.92 Å². The van der Waals surface area contributed by atoms with Crippen molar-refractivity contribution in [3.8, 4) is 5.75 Å². The monoisotopic (exact) mass is 374 g/mol. The quantitative estimate of drug-likeness (QED) is 0.397. The lowest BCUT2D eigenvalue weighted by Crippen LogP contribution is -2.22. The summed E-state index contributed by atoms with van der Waals surface area (Å²) in [6.07, 6.45) is -3.94. The summed E-state index contributed by atoms with van der Waals surface area (Å²) in [5.41, 5.74) is -1.39. The summed E-state index contributed by atoms with van der Waals surface area (Å²) in [7, 11) is -5.38. The van der Waals surface area contributed by atoms with Crippen LogP contribution in [0.15, 0.2) is 6.20 Å². The Balaban J connectivity index is 2.85. The van der Waals surface area contributed by atoms with Gasteiger partial charge >= 0.3 is 16.3 Å². The minimum atomic E-state index is -4.82. The highest BCUT2D eigenvalue weighted by atomic mass is 32.2. The summed E-state index contributed by atoms with van der Waals surface area (Å²) in [4.78, 5) is 0. The number of aromatic nitrogens is 2. The van der Waals surface area contributed by atoms with Gasteiger partial charge in [0, 0.05) is 14.7 Å². The first-order valence-corrected chi connectivity index (χ1v) is 12.3. The van der Waals surface area contributed by atoms with Crippen LogP contribution in [0.1, 0.15) is 12.6 Å². The van der Waals surface area contributed by atoms with Gasteiger partial charge < -0.3 is 8.92 Å². The Hall–Kier alpha value is -1.07. The van der Waals surface area contributed by atoms with Crippen LogP contribution in [0.4, 0.5) is 13.2 Å². The van der Waals surface area contributed by atoms with Gasteiger partial charge in [-0.15, -0.1) is 0 Å². The lowest BCUT2D eigenvalue weighted by atomic mass is 10.4. The van der Waals surface area contributed by atoms with E-state index in [1.54, 1.807) is 0 Å². The topological polar surface area (TPSA) is 70.4 Å². The van der Waals surface area contributed by atoms with Crippen molar-refractivity contribution in [1.29, 1.82) is 0 Å². The summed E-state index contributed by atoms with van der Waals surface area (Å²) in [6.45, 7) is 7.91. The van der Waals surface area contributed by atoms with E-state index in [4.69, 9.17) is 4.74 Å². The Labute approximate surface area is 134 Å². The molecule has 1 rings (SSSR count). The molecule has 1 aromatic rings. The molecule has 0 amide bonds. The second-order valence-electron chi connectivity index (χ2n) is 6.16. The average molecular weight is 374 g/mol. The van der Waals surface area contributed by atoms with Gasteiger partial charge in [0.2, 0.25) is 5.69 Å². The number of alkyl halides is 3. The summed E-state index contributed by atoms with van der Waals surface area (Å²) in [6, 6.07) is 0.855. The van der Waals surface area contributed by atoms with E-state index in [-0.39, 0.29) is 6.73 Å². The smallest absolute Gasteiger partial charge is 0.378 e. The maximum absolute atomic E-state index is 12.9. The second kappa shape index (κ2) is 7.22. The van der Waals surface area contributed by atoms with Gasteiger partial charge in [-0.3, -0.25) is 0 Å². The summed E-state index contributed by atoms with van der Waals surface area (Å²) < 4.78 is 72.1. The molecular formula is C12H21F3N2O4SSi. The maximum Gasteiger partial charge on any atom is 0.438 e. The van der Waals surface area contributed by atoms with E-state index in [2.05, 4.69) is 28.9 Å². The molecule has 0 aliphatic heterocycles. The van der Waals surface area contributed by atoms with Gasteiger partial charge in [0.25, 0.3) is 0 Å². The summed E-state index contributed by atoms with van der Waals surface area (Å²) in [5.74, 6) is -1.28. The zero-order valence-corrected chi connectivity index (χ0v) is 15.3. The molecule has 0 N–H and O–H groups in total. The Morgan fingerprint density at radius 1 is 1.30 bits per heavy atom. The van der Waals surface area contributed by atoms with Crippen LogP contribution < -0.4 is 4.18 Å². The Bertz CT molecular complexity index is 623. The highest BCUT2D eigenvalue weighted by Gasteiger charge is 2.39. The number of rotatable bonds is 8. The molecule has 0 aromatic carbocycles. The second-order valence-corrected chi connectivity index (χ2v) is 13.6. The van der Waals surface area contributed by atoms with Crippen LogP contribution >= 0.6 is 0 Å². The number of hydrogen-bond donors (Lipinski definition) is 0. The number of hydrogen-bond acceptors (Lipinski definition) is 5. The molecule has 134 valence electrons. The van der Waals surface area contributed by atoms with Crippen LogP contribution in [-0.2, 0) is 27.8 Å². The molecule has 0 radical (unpaired) electrons. The molecule has 0 saturated carbocycles. The maximum atomic E-state index is 12.9. The van der Waals surface area contributed by atoms with Crippen LogP contribution in [-0.4, -0.2) is 38.6 Å². The molecule has 0 unspecified atom stereocenters. The van der Waals surface area contributed by atoms with Crippen molar-refractivity contribution in [2.45, 2.75) is 45.5 Å². The fraction of sp³-hybridized carbons (Fsp3) is 0.750. The summed E-state index contributed by atoms with van der Waals surface area (Å²) in [5, 5.41) is 3.32. The van der Waals surface area contributed by atoms with Gasteiger partial charge in [-0.1, -0.05) is 19.6 Å². The van der Waals surface area contributed by atoms with Crippen molar-refractivity contribution in [2.24, 2.45) is 0 Å². The van der Waals surface area contributed by atoms with E-state index < -0.39 is 41.6 Å². The normalized spacial score (nSPS) is 13.3. The molecule has 6 nitrogen and oxygen atoms in total. The van der Waals surface area contributed by atoms with Gasteiger partial charge in [-0.25, -0.2) is 4.68 Å². The lowest BCUT2D eigenvalue weighted by Gasteiger charge is -2.15. The molecule has 0 aliphatic rings. The fourth-order valence-electron chi connectivity index (χ4n) is 1.46. The molecule has 0 aliphatic carbocycles. The molecule has 0 fully saturated rings. The first-order valence-electron chi connectivity index (χ1n) is 6.98. The van der Waals surface area contributed by atoms with Crippen LogP contribution in [0.25, 0.3) is 0 Å². The fourth-order valence-corrected chi connectivity index (χ4v) is 2.73. The first kappa shape index (κ1) is 20.0. The average Bonchev–Trinajstić information content (AvgIpc) is 2.76. The Morgan fingerprint density at radius 2 is 1.91 bits per heavy atom. The third-order valence-corrected chi connectivity index (χ3v) is 5.63. The molecule has 1 heterocycles. The molecule has 23 heavy (non-hydrogen) atoms. The van der Waals surface area contributed by atoms with Gasteiger partial charge in [-0.05, 0) is 13.0 Å². The van der Waals surface area contributed by atoms with E-state index in [0.29, 0.717) is 6.61 Å². The van der Waals surface area contributed by atoms with E-state index in [9.17, 15) is 21.6 Å². The number of nitrogens with zero attached hydrogens (tertiary/aromatic N) is 2. The Kier molecular flexibility index (Phi) is 6.27. The third-order valence-electron chi connectivity index (χ3n) is 2.79. The van der Waals surface area contributed by atoms with Crippen molar-refractivity contribution >= 4 is 18.2 Å². The van der Waals surface area contributed by atoms with Crippen molar-refractivity contribution in [3.63, 3.8) is 0 Å². The molecule has 11 heteroatoms. The molecular weight excluding hydrogens is 353 g/mol. The van der Waals surface area contributed by atoms with Gasteiger partial charge in [0.1, 0.15) is 6.73 Å². The van der Waals surface area contributed by atoms with Crippen molar-refractivity contribution in [3.05, 3.63) is 11.9 Å². The largest absolute Gasteiger partial charge is 0.438 e. The minimum Gasteiger partial charge on any atom is -0.378 e. The minimum absolute atomic E-state index is 0.205. The van der Waals surface area contributed by atoms with Crippen LogP contribution in [0, 0.1) is 0 Å². The van der Waals surface area contributed by atoms with E-state index in [1.807, 2.05) is 0 Å². The zero-order valence-electron chi connectivity index (χ0n) is 13.5. The highest BCUT2D eigenvalue weighted by Crippen LogP contribution is 2.35. The standard InChI is InChI=1S/C12H21F3N2O4SSi/c1-5-22(18,19)21-10-8-17(16-11(10)12(13,14)15)9-20-6-7-23(2,3)4/h8H,5-7,9H2,1-4H3. The number of halogens is 3. The van der Waals surface area contributed by atoms with Crippen molar-refractivity contribution < 1.29 is 30.5 Å². The molecule has 1 aromatic heterocycles. The molecule has 0 atom stereocenters. The highest BCUT2D eigenvalue weighted by molar-refractivity contribution is 7.87. The molecule has 0 saturated heterocycles. The van der Waals surface area contributed by atoms with Crippen LogP contribution in [0.2, 0.25) is 25.7 Å².